The van der Waals surface area contributed by atoms with Crippen molar-refractivity contribution in [3.63, 3.8) is 0 Å². The number of morpholine rings is 1. The van der Waals surface area contributed by atoms with E-state index in [-0.39, 0.29) is 5.91 Å². The molecule has 0 bridgehead atoms. The molecule has 5 nitrogen and oxygen atoms in total. The predicted octanol–water partition coefficient (Wildman–Crippen LogP) is -0.260. The van der Waals surface area contributed by atoms with E-state index in [1.807, 2.05) is 5.01 Å². The first kappa shape index (κ1) is 12.4. The fourth-order valence-electron chi connectivity index (χ4n) is 1.37. The van der Waals surface area contributed by atoms with Gasteiger partial charge in [-0.25, -0.2) is 10.4 Å². The molecular formula is C10H21N3O2. The number of unbranched alkanes of at least 4 members (excludes halogenated alkanes) is 1. The van der Waals surface area contributed by atoms with Crippen molar-refractivity contribution < 1.29 is 9.53 Å². The highest BCUT2D eigenvalue weighted by Crippen LogP contribution is 1.91. The summed E-state index contributed by atoms with van der Waals surface area (Å²) in [5.41, 5.74) is 3.09. The molecule has 0 spiro atoms. The van der Waals surface area contributed by atoms with Crippen LogP contribution in [0.3, 0.4) is 0 Å². The average Bonchev–Trinajstić information content (AvgIpc) is 2.28. The maximum absolute atomic E-state index is 11.3. The minimum absolute atomic E-state index is 0.0648. The number of hydrogen-bond donors (Lipinski definition) is 2. The first-order chi connectivity index (χ1) is 7.33. The standard InChI is InChI=1S/C10H21N3O2/c1-2-3-4-11-10(14)9-12-13-5-7-15-8-6-13/h12H,2-9H2,1H3,(H,11,14). The van der Waals surface area contributed by atoms with Crippen LogP contribution in [-0.4, -0.2) is 50.3 Å². The lowest BCUT2D eigenvalue weighted by Crippen LogP contribution is -2.49. The number of nitrogens with one attached hydrogen (secondary N) is 2. The van der Waals surface area contributed by atoms with Crippen molar-refractivity contribution in [1.29, 1.82) is 0 Å². The quantitative estimate of drug-likeness (QED) is 0.599. The third kappa shape index (κ3) is 5.71. The van der Waals surface area contributed by atoms with Crippen LogP contribution in [0.5, 0.6) is 0 Å². The average molecular weight is 215 g/mol. The smallest absolute Gasteiger partial charge is 0.235 e. The van der Waals surface area contributed by atoms with E-state index in [0.717, 1.165) is 45.7 Å². The number of amides is 1. The molecule has 0 aromatic carbocycles. The predicted molar refractivity (Wildman–Crippen MR) is 58.3 cm³/mol. The van der Waals surface area contributed by atoms with Crippen LogP contribution in [0.25, 0.3) is 0 Å². The van der Waals surface area contributed by atoms with Crippen LogP contribution in [0.15, 0.2) is 0 Å². The van der Waals surface area contributed by atoms with Gasteiger partial charge in [-0.1, -0.05) is 13.3 Å². The molecule has 1 amide bonds. The van der Waals surface area contributed by atoms with Crippen molar-refractivity contribution in [1.82, 2.24) is 15.8 Å². The third-order valence-electron chi connectivity index (χ3n) is 2.33. The summed E-state index contributed by atoms with van der Waals surface area (Å²) in [6.45, 7) is 6.43. The third-order valence-corrected chi connectivity index (χ3v) is 2.33. The van der Waals surface area contributed by atoms with E-state index in [1.54, 1.807) is 0 Å². The Hall–Kier alpha value is -0.650. The summed E-state index contributed by atoms with van der Waals surface area (Å²) in [6.07, 6.45) is 2.15. The molecule has 0 aromatic heterocycles. The maximum atomic E-state index is 11.3. The van der Waals surface area contributed by atoms with Gasteiger partial charge in [-0.2, -0.15) is 0 Å². The van der Waals surface area contributed by atoms with Crippen molar-refractivity contribution in [2.24, 2.45) is 0 Å². The Balaban J connectivity index is 2.00. The Kier molecular flexibility index (Phi) is 6.31. The zero-order chi connectivity index (χ0) is 10.9. The molecule has 0 saturated carbocycles. The van der Waals surface area contributed by atoms with E-state index in [4.69, 9.17) is 4.74 Å². The summed E-state index contributed by atoms with van der Waals surface area (Å²) in [5.74, 6) is 0.0648. The summed E-state index contributed by atoms with van der Waals surface area (Å²) < 4.78 is 5.20. The zero-order valence-corrected chi connectivity index (χ0v) is 9.42. The van der Waals surface area contributed by atoms with Crippen LogP contribution >= 0.6 is 0 Å². The molecule has 5 heteroatoms. The highest BCUT2D eigenvalue weighted by atomic mass is 16.5. The molecule has 88 valence electrons. The number of ether oxygens (including phenoxy) is 1. The van der Waals surface area contributed by atoms with Gasteiger partial charge in [0.15, 0.2) is 0 Å². The fourth-order valence-corrected chi connectivity index (χ4v) is 1.37. The molecule has 1 heterocycles. The molecule has 1 saturated heterocycles. The molecule has 2 N–H and O–H groups in total. The van der Waals surface area contributed by atoms with E-state index in [0.29, 0.717) is 6.54 Å². The van der Waals surface area contributed by atoms with Gasteiger partial charge >= 0.3 is 0 Å². The summed E-state index contributed by atoms with van der Waals surface area (Å²) in [6, 6.07) is 0. The lowest BCUT2D eigenvalue weighted by Gasteiger charge is -2.26. The van der Waals surface area contributed by atoms with Gasteiger partial charge in [0.1, 0.15) is 0 Å². The molecule has 0 aromatic rings. The molecule has 15 heavy (non-hydrogen) atoms. The SMILES string of the molecule is CCCCNC(=O)CNN1CCOCC1. The Morgan fingerprint density at radius 2 is 2.13 bits per heavy atom. The maximum Gasteiger partial charge on any atom is 0.235 e. The molecule has 0 radical (unpaired) electrons. The zero-order valence-electron chi connectivity index (χ0n) is 9.42. The molecule has 0 unspecified atom stereocenters. The minimum atomic E-state index is 0.0648. The number of carbonyl (C=O) groups is 1. The number of hydrazine groups is 1. The normalized spacial score (nSPS) is 17.7. The molecule has 1 aliphatic heterocycles. The van der Waals surface area contributed by atoms with Gasteiger partial charge in [-0.05, 0) is 6.42 Å². The molecule has 0 aliphatic carbocycles. The topological polar surface area (TPSA) is 53.6 Å². The molecule has 1 aliphatic rings. The van der Waals surface area contributed by atoms with Crippen LogP contribution in [0.1, 0.15) is 19.8 Å². The second kappa shape index (κ2) is 7.62. The number of carbonyl (C=O) groups excluding carboxylic acids is 1. The van der Waals surface area contributed by atoms with Gasteiger partial charge in [0.2, 0.25) is 5.91 Å². The van der Waals surface area contributed by atoms with E-state index < -0.39 is 0 Å². The van der Waals surface area contributed by atoms with E-state index in [9.17, 15) is 4.79 Å². The van der Waals surface area contributed by atoms with E-state index >= 15 is 0 Å². The molecule has 1 fully saturated rings. The minimum Gasteiger partial charge on any atom is -0.379 e. The largest absolute Gasteiger partial charge is 0.379 e. The Bertz CT molecular complexity index is 182. The Labute approximate surface area is 91.1 Å². The van der Waals surface area contributed by atoms with Crippen molar-refractivity contribution in [2.45, 2.75) is 19.8 Å². The lowest BCUT2D eigenvalue weighted by molar-refractivity contribution is -0.121. The van der Waals surface area contributed by atoms with Gasteiger partial charge in [-0.3, -0.25) is 4.79 Å². The molecular weight excluding hydrogens is 194 g/mol. The summed E-state index contributed by atoms with van der Waals surface area (Å²) in [5, 5.41) is 4.89. The van der Waals surface area contributed by atoms with Gasteiger partial charge in [0.25, 0.3) is 0 Å². The van der Waals surface area contributed by atoms with E-state index in [2.05, 4.69) is 17.7 Å². The van der Waals surface area contributed by atoms with Crippen molar-refractivity contribution in [3.05, 3.63) is 0 Å². The first-order valence-electron chi connectivity index (χ1n) is 5.66. The molecule has 1 rings (SSSR count). The van der Waals surface area contributed by atoms with Gasteiger partial charge < -0.3 is 10.1 Å². The summed E-state index contributed by atoms with van der Waals surface area (Å²) in [4.78, 5) is 11.3. The van der Waals surface area contributed by atoms with Gasteiger partial charge in [0, 0.05) is 19.6 Å². The summed E-state index contributed by atoms with van der Waals surface area (Å²) >= 11 is 0. The fraction of sp³-hybridized carbons (Fsp3) is 0.900. The van der Waals surface area contributed by atoms with Crippen molar-refractivity contribution in [2.75, 3.05) is 39.4 Å². The Morgan fingerprint density at radius 3 is 2.80 bits per heavy atom. The van der Waals surface area contributed by atoms with E-state index in [1.165, 1.54) is 0 Å². The highest BCUT2D eigenvalue weighted by Gasteiger charge is 2.10. The van der Waals surface area contributed by atoms with Gasteiger partial charge in [-0.15, -0.1) is 0 Å². The van der Waals surface area contributed by atoms with Crippen LogP contribution in [-0.2, 0) is 9.53 Å². The van der Waals surface area contributed by atoms with Crippen LogP contribution in [0, 0.1) is 0 Å². The molecule has 0 atom stereocenters. The Morgan fingerprint density at radius 1 is 1.40 bits per heavy atom. The summed E-state index contributed by atoms with van der Waals surface area (Å²) in [7, 11) is 0. The number of hydrogen-bond acceptors (Lipinski definition) is 4. The number of nitrogens with zero attached hydrogens (tertiary/aromatic N) is 1. The van der Waals surface area contributed by atoms with Crippen LogP contribution < -0.4 is 10.7 Å². The second-order valence-electron chi connectivity index (χ2n) is 3.64. The highest BCUT2D eigenvalue weighted by molar-refractivity contribution is 5.77. The van der Waals surface area contributed by atoms with Crippen molar-refractivity contribution >= 4 is 5.91 Å². The lowest BCUT2D eigenvalue weighted by atomic mass is 10.3. The first-order valence-corrected chi connectivity index (χ1v) is 5.66. The van der Waals surface area contributed by atoms with Crippen LogP contribution in [0.2, 0.25) is 0 Å². The van der Waals surface area contributed by atoms with Crippen molar-refractivity contribution in [3.8, 4) is 0 Å². The van der Waals surface area contributed by atoms with Gasteiger partial charge in [0.05, 0.1) is 19.8 Å². The second-order valence-corrected chi connectivity index (χ2v) is 3.64. The van der Waals surface area contributed by atoms with Crippen LogP contribution in [0.4, 0.5) is 0 Å². The monoisotopic (exact) mass is 215 g/mol. The number of rotatable bonds is 6.